The molecule has 1 fully saturated rings. The maximum absolute atomic E-state index is 12.6. The molecule has 3 N–H and O–H groups in total. The Morgan fingerprint density at radius 1 is 1.38 bits per heavy atom. The quantitative estimate of drug-likeness (QED) is 0.412. The topological polar surface area (TPSA) is 117 Å². The number of amides is 1. The van der Waals surface area contributed by atoms with E-state index in [-0.39, 0.29) is 32.6 Å². The van der Waals surface area contributed by atoms with Gasteiger partial charge in [-0.3, -0.25) is 19.9 Å². The average molecular weight is 477 g/mol. The lowest BCUT2D eigenvalue weighted by atomic mass is 9.79. The van der Waals surface area contributed by atoms with Gasteiger partial charge in [0.25, 0.3) is 11.6 Å². The summed E-state index contributed by atoms with van der Waals surface area (Å²) in [6, 6.07) is 1.25. The molecule has 0 bridgehead atoms. The summed E-state index contributed by atoms with van der Waals surface area (Å²) in [6.07, 6.45) is 4.29. The van der Waals surface area contributed by atoms with Crippen LogP contribution in [0, 0.1) is 15.5 Å². The standard InChI is InChI=1S/C17H18Cl2N4O4S2/c18-10-6-21-7-11(19)14(10)29-16-12(23(26)27)5-13(28-16)15(25)22-8-17(9-24)1-3-20-4-2-17/h5-7,20,24H,1-4,8-9H2,(H,22,25). The van der Waals surface area contributed by atoms with Gasteiger partial charge in [-0.2, -0.15) is 0 Å². The van der Waals surface area contributed by atoms with Crippen LogP contribution in [0.5, 0.6) is 0 Å². The van der Waals surface area contributed by atoms with Crippen LogP contribution >= 0.6 is 46.3 Å². The number of thiophene rings is 1. The van der Waals surface area contributed by atoms with Gasteiger partial charge in [0.1, 0.15) is 9.09 Å². The molecule has 0 radical (unpaired) electrons. The molecule has 0 atom stereocenters. The third-order valence-electron chi connectivity index (χ3n) is 4.73. The second-order valence-corrected chi connectivity index (χ2v) is 9.81. The van der Waals surface area contributed by atoms with Crippen LogP contribution in [0.3, 0.4) is 0 Å². The minimum atomic E-state index is -0.541. The number of aromatic nitrogens is 1. The van der Waals surface area contributed by atoms with Crippen LogP contribution in [0.15, 0.2) is 27.6 Å². The summed E-state index contributed by atoms with van der Waals surface area (Å²) in [5.41, 5.74) is -0.562. The third kappa shape index (κ3) is 5.19. The first-order valence-electron chi connectivity index (χ1n) is 8.70. The summed E-state index contributed by atoms with van der Waals surface area (Å²) >= 11 is 14.2. The molecule has 1 aliphatic rings. The Kier molecular flexibility index (Phi) is 7.36. The van der Waals surface area contributed by atoms with Crippen molar-refractivity contribution in [3.63, 3.8) is 0 Å². The van der Waals surface area contributed by atoms with E-state index in [9.17, 15) is 20.0 Å². The van der Waals surface area contributed by atoms with Gasteiger partial charge in [-0.1, -0.05) is 35.0 Å². The summed E-state index contributed by atoms with van der Waals surface area (Å²) in [5, 5.41) is 27.8. The maximum atomic E-state index is 12.6. The normalized spacial score (nSPS) is 15.8. The van der Waals surface area contributed by atoms with Gasteiger partial charge in [0.2, 0.25) is 0 Å². The van der Waals surface area contributed by atoms with E-state index in [2.05, 4.69) is 15.6 Å². The van der Waals surface area contributed by atoms with Gasteiger partial charge in [-0.15, -0.1) is 11.3 Å². The van der Waals surface area contributed by atoms with Crippen LogP contribution < -0.4 is 10.6 Å². The van der Waals surface area contributed by atoms with E-state index >= 15 is 0 Å². The monoisotopic (exact) mass is 476 g/mol. The number of hydrogen-bond donors (Lipinski definition) is 3. The van der Waals surface area contributed by atoms with Crippen molar-refractivity contribution in [3.8, 4) is 0 Å². The number of nitro groups is 1. The van der Waals surface area contributed by atoms with Crippen LogP contribution in [-0.2, 0) is 0 Å². The molecule has 2 aromatic heterocycles. The Bertz CT molecular complexity index is 899. The number of aliphatic hydroxyl groups is 1. The predicted octanol–water partition coefficient (Wildman–Crippen LogP) is 3.60. The van der Waals surface area contributed by atoms with Crippen molar-refractivity contribution in [3.05, 3.63) is 43.5 Å². The minimum absolute atomic E-state index is 0.0281. The largest absolute Gasteiger partial charge is 0.396 e. The summed E-state index contributed by atoms with van der Waals surface area (Å²) in [5.74, 6) is -0.414. The van der Waals surface area contributed by atoms with E-state index in [4.69, 9.17) is 23.2 Å². The van der Waals surface area contributed by atoms with Gasteiger partial charge in [0.15, 0.2) is 0 Å². The zero-order chi connectivity index (χ0) is 21.0. The van der Waals surface area contributed by atoms with E-state index < -0.39 is 10.8 Å². The van der Waals surface area contributed by atoms with Crippen molar-refractivity contribution < 1.29 is 14.8 Å². The Balaban J connectivity index is 1.79. The molecule has 156 valence electrons. The molecular formula is C17H18Cl2N4O4S2. The molecule has 3 heterocycles. The third-order valence-corrected chi connectivity index (χ3v) is 7.98. The van der Waals surface area contributed by atoms with Crippen LogP contribution in [0.25, 0.3) is 0 Å². The Morgan fingerprint density at radius 3 is 2.62 bits per heavy atom. The minimum Gasteiger partial charge on any atom is -0.396 e. The van der Waals surface area contributed by atoms with Gasteiger partial charge in [0.05, 0.1) is 26.5 Å². The lowest BCUT2D eigenvalue weighted by Gasteiger charge is -2.36. The van der Waals surface area contributed by atoms with Crippen molar-refractivity contribution in [2.24, 2.45) is 5.41 Å². The van der Waals surface area contributed by atoms with Crippen molar-refractivity contribution in [1.29, 1.82) is 0 Å². The van der Waals surface area contributed by atoms with Crippen LogP contribution in [0.1, 0.15) is 22.5 Å². The highest BCUT2D eigenvalue weighted by atomic mass is 35.5. The maximum Gasteiger partial charge on any atom is 0.294 e. The summed E-state index contributed by atoms with van der Waals surface area (Å²) in [4.78, 5) is 28.1. The number of carbonyl (C=O) groups is 1. The first kappa shape index (κ1) is 22.3. The second kappa shape index (κ2) is 9.59. The Hall–Kier alpha value is -1.43. The predicted molar refractivity (Wildman–Crippen MR) is 113 cm³/mol. The molecule has 0 saturated carbocycles. The number of hydrogen-bond acceptors (Lipinski definition) is 8. The smallest absolute Gasteiger partial charge is 0.294 e. The number of piperidine rings is 1. The molecule has 2 aromatic rings. The number of halogens is 2. The van der Waals surface area contributed by atoms with E-state index in [1.54, 1.807) is 0 Å². The molecular weight excluding hydrogens is 459 g/mol. The van der Waals surface area contributed by atoms with E-state index in [1.165, 1.54) is 18.5 Å². The molecule has 1 amide bonds. The van der Waals surface area contributed by atoms with E-state index in [0.717, 1.165) is 49.0 Å². The highest BCUT2D eigenvalue weighted by Gasteiger charge is 2.32. The number of rotatable bonds is 7. The average Bonchev–Trinajstić information content (AvgIpc) is 3.14. The molecule has 0 aliphatic carbocycles. The number of aliphatic hydroxyl groups excluding tert-OH is 1. The van der Waals surface area contributed by atoms with Gasteiger partial charge < -0.3 is 15.7 Å². The van der Waals surface area contributed by atoms with E-state index in [1.807, 2.05) is 0 Å². The molecule has 29 heavy (non-hydrogen) atoms. The fourth-order valence-corrected chi connectivity index (χ4v) is 5.75. The lowest BCUT2D eigenvalue weighted by Crippen LogP contribution is -2.46. The van der Waals surface area contributed by atoms with Gasteiger partial charge in [-0.25, -0.2) is 0 Å². The van der Waals surface area contributed by atoms with Crippen molar-refractivity contribution in [1.82, 2.24) is 15.6 Å². The van der Waals surface area contributed by atoms with Crippen molar-refractivity contribution in [2.45, 2.75) is 21.9 Å². The first-order valence-corrected chi connectivity index (χ1v) is 11.1. The molecule has 1 aliphatic heterocycles. The molecule has 0 aromatic carbocycles. The SMILES string of the molecule is O=C(NCC1(CO)CCNCC1)c1cc([N+](=O)[O-])c(Sc2c(Cl)cncc2Cl)s1. The number of nitrogens with one attached hydrogen (secondary N) is 2. The Labute approximate surface area is 185 Å². The summed E-state index contributed by atoms with van der Waals surface area (Å²) in [7, 11) is 0. The van der Waals surface area contributed by atoms with Crippen molar-refractivity contribution in [2.75, 3.05) is 26.2 Å². The summed E-state index contributed by atoms with van der Waals surface area (Å²) in [6.45, 7) is 1.82. The van der Waals surface area contributed by atoms with Gasteiger partial charge >= 0.3 is 0 Å². The van der Waals surface area contributed by atoms with Crippen LogP contribution in [0.4, 0.5) is 5.69 Å². The molecule has 3 rings (SSSR count). The molecule has 0 spiro atoms. The lowest BCUT2D eigenvalue weighted by molar-refractivity contribution is -0.387. The fraction of sp³-hybridized carbons (Fsp3) is 0.412. The van der Waals surface area contributed by atoms with Crippen LogP contribution in [-0.4, -0.2) is 47.2 Å². The zero-order valence-electron chi connectivity index (χ0n) is 15.1. The zero-order valence-corrected chi connectivity index (χ0v) is 18.3. The summed E-state index contributed by atoms with van der Waals surface area (Å²) < 4.78 is 0.300. The molecule has 8 nitrogen and oxygen atoms in total. The van der Waals surface area contributed by atoms with Gasteiger partial charge in [-0.05, 0) is 25.9 Å². The highest BCUT2D eigenvalue weighted by Crippen LogP contribution is 2.45. The number of nitrogens with zero attached hydrogens (tertiary/aromatic N) is 2. The molecule has 1 saturated heterocycles. The fourth-order valence-electron chi connectivity index (χ4n) is 2.97. The first-order chi connectivity index (χ1) is 13.8. The molecule has 0 unspecified atom stereocenters. The van der Waals surface area contributed by atoms with Gasteiger partial charge in [0, 0.05) is 30.4 Å². The van der Waals surface area contributed by atoms with E-state index in [0.29, 0.717) is 15.6 Å². The highest BCUT2D eigenvalue weighted by molar-refractivity contribution is 8.01. The number of carbonyl (C=O) groups excluding carboxylic acids is 1. The Morgan fingerprint density at radius 2 is 2.03 bits per heavy atom. The van der Waals surface area contributed by atoms with Crippen LogP contribution in [0.2, 0.25) is 10.0 Å². The number of pyridine rings is 1. The second-order valence-electron chi connectivity index (χ2n) is 6.67. The molecule has 12 heteroatoms. The van der Waals surface area contributed by atoms with Crippen molar-refractivity contribution >= 4 is 57.9 Å².